The van der Waals surface area contributed by atoms with Gasteiger partial charge in [0.1, 0.15) is 0 Å². The second-order valence-electron chi connectivity index (χ2n) is 4.20. The van der Waals surface area contributed by atoms with Gasteiger partial charge in [-0.15, -0.1) is 11.3 Å². The summed E-state index contributed by atoms with van der Waals surface area (Å²) in [6, 6.07) is 13.5. The Morgan fingerprint density at radius 2 is 2.05 bits per heavy atom. The Labute approximate surface area is 120 Å². The van der Waals surface area contributed by atoms with E-state index in [0.717, 1.165) is 21.5 Å². The molecule has 2 aromatic heterocycles. The number of carbonyl (C=O) groups is 1. The number of rotatable bonds is 4. The molecule has 0 amide bonds. The van der Waals surface area contributed by atoms with Crippen LogP contribution < -0.4 is 5.32 Å². The van der Waals surface area contributed by atoms with Gasteiger partial charge in [0.05, 0.1) is 16.1 Å². The van der Waals surface area contributed by atoms with Gasteiger partial charge < -0.3 is 5.32 Å². The number of ketones is 1. The number of nitrogens with one attached hydrogen (secondary N) is 1. The minimum absolute atomic E-state index is 0.000644. The van der Waals surface area contributed by atoms with Crippen molar-refractivity contribution in [3.8, 4) is 0 Å². The highest BCUT2D eigenvalue weighted by Crippen LogP contribution is 2.20. The van der Waals surface area contributed by atoms with E-state index >= 15 is 0 Å². The third kappa shape index (κ3) is 2.60. The lowest BCUT2D eigenvalue weighted by molar-refractivity contribution is 0.105. The van der Waals surface area contributed by atoms with Crippen molar-refractivity contribution in [3.05, 3.63) is 71.2 Å². The Balaban J connectivity index is 1.79. The van der Waals surface area contributed by atoms with Crippen LogP contribution in [-0.2, 0) is 0 Å². The number of thiophene rings is 1. The molecule has 0 unspecified atom stereocenters. The summed E-state index contributed by atoms with van der Waals surface area (Å²) in [4.78, 5) is 16.9. The van der Waals surface area contributed by atoms with Gasteiger partial charge in [-0.2, -0.15) is 0 Å². The molecule has 1 aromatic carbocycles. The van der Waals surface area contributed by atoms with Crippen molar-refractivity contribution in [1.82, 2.24) is 4.98 Å². The second kappa shape index (κ2) is 5.67. The fourth-order valence-electron chi connectivity index (χ4n) is 1.93. The summed E-state index contributed by atoms with van der Waals surface area (Å²) in [5.41, 5.74) is 1.78. The first-order chi connectivity index (χ1) is 9.84. The molecule has 3 nitrogen and oxygen atoms in total. The standard InChI is InChI=1S/C16H12N2OS/c19-14(15-7-3-11-20-15)8-10-17-13-6-1-4-12-5-2-9-18-16(12)13/h1-11,17H/b10-8+. The highest BCUT2D eigenvalue weighted by molar-refractivity contribution is 7.12. The third-order valence-electron chi connectivity index (χ3n) is 2.87. The van der Waals surface area contributed by atoms with E-state index in [1.165, 1.54) is 17.4 Å². The van der Waals surface area contributed by atoms with E-state index in [-0.39, 0.29) is 5.78 Å². The summed E-state index contributed by atoms with van der Waals surface area (Å²) in [6.07, 6.45) is 4.95. The number of carbonyl (C=O) groups excluding carboxylic acids is 1. The van der Waals surface area contributed by atoms with Crippen molar-refractivity contribution in [2.75, 3.05) is 5.32 Å². The molecule has 3 aromatic rings. The maximum absolute atomic E-state index is 11.8. The van der Waals surface area contributed by atoms with E-state index in [1.807, 2.05) is 47.8 Å². The summed E-state index contributed by atoms with van der Waals surface area (Å²) < 4.78 is 0. The number of allylic oxidation sites excluding steroid dienone is 1. The first-order valence-corrected chi connectivity index (χ1v) is 7.07. The molecule has 4 heteroatoms. The molecule has 0 atom stereocenters. The van der Waals surface area contributed by atoms with E-state index < -0.39 is 0 Å². The van der Waals surface area contributed by atoms with E-state index in [4.69, 9.17) is 0 Å². The van der Waals surface area contributed by atoms with Crippen LogP contribution in [0.15, 0.2) is 66.3 Å². The molecule has 0 fully saturated rings. The highest BCUT2D eigenvalue weighted by Gasteiger charge is 2.02. The van der Waals surface area contributed by atoms with E-state index in [0.29, 0.717) is 0 Å². The van der Waals surface area contributed by atoms with E-state index in [2.05, 4.69) is 10.3 Å². The molecule has 0 aliphatic rings. The van der Waals surface area contributed by atoms with Crippen molar-refractivity contribution < 1.29 is 4.79 Å². The summed E-state index contributed by atoms with van der Waals surface area (Å²) in [6.45, 7) is 0. The van der Waals surface area contributed by atoms with Crippen LogP contribution in [0.3, 0.4) is 0 Å². The molecule has 98 valence electrons. The SMILES string of the molecule is O=C(/C=C/Nc1cccc2cccnc12)c1cccs1. The van der Waals surface area contributed by atoms with Crippen molar-refractivity contribution in [3.63, 3.8) is 0 Å². The van der Waals surface area contributed by atoms with Crippen LogP contribution >= 0.6 is 11.3 Å². The quantitative estimate of drug-likeness (QED) is 0.578. The normalized spacial score (nSPS) is 11.0. The average Bonchev–Trinajstić information content (AvgIpc) is 3.02. The molecule has 0 saturated carbocycles. The lowest BCUT2D eigenvalue weighted by Crippen LogP contribution is -1.94. The van der Waals surface area contributed by atoms with Crippen molar-refractivity contribution in [2.45, 2.75) is 0 Å². The van der Waals surface area contributed by atoms with Gasteiger partial charge >= 0.3 is 0 Å². The van der Waals surface area contributed by atoms with Crippen molar-refractivity contribution >= 4 is 33.7 Å². The van der Waals surface area contributed by atoms with Crippen LogP contribution in [-0.4, -0.2) is 10.8 Å². The van der Waals surface area contributed by atoms with Gasteiger partial charge in [0.25, 0.3) is 0 Å². The Morgan fingerprint density at radius 1 is 1.15 bits per heavy atom. The van der Waals surface area contributed by atoms with Crippen molar-refractivity contribution in [1.29, 1.82) is 0 Å². The molecule has 0 spiro atoms. The molecular formula is C16H12N2OS. The predicted octanol–water partition coefficient (Wildman–Crippen LogP) is 4.10. The zero-order valence-electron chi connectivity index (χ0n) is 10.6. The first-order valence-electron chi connectivity index (χ1n) is 6.19. The number of anilines is 1. The van der Waals surface area contributed by atoms with Gasteiger partial charge in [-0.3, -0.25) is 9.78 Å². The average molecular weight is 280 g/mol. The number of nitrogens with zero attached hydrogens (tertiary/aromatic N) is 1. The summed E-state index contributed by atoms with van der Waals surface area (Å²) in [5, 5.41) is 6.08. The van der Waals surface area contributed by atoms with Gasteiger partial charge in [-0.05, 0) is 23.6 Å². The molecular weight excluding hydrogens is 268 g/mol. The smallest absolute Gasteiger partial charge is 0.197 e. The Hall–Kier alpha value is -2.46. The van der Waals surface area contributed by atoms with Gasteiger partial charge in [0, 0.05) is 23.9 Å². The lowest BCUT2D eigenvalue weighted by atomic mass is 10.2. The highest BCUT2D eigenvalue weighted by atomic mass is 32.1. The molecule has 3 rings (SSSR count). The monoisotopic (exact) mass is 280 g/mol. The van der Waals surface area contributed by atoms with E-state index in [9.17, 15) is 4.79 Å². The number of hydrogen-bond donors (Lipinski definition) is 1. The number of pyridine rings is 1. The van der Waals surface area contributed by atoms with Crippen LogP contribution in [0.5, 0.6) is 0 Å². The van der Waals surface area contributed by atoms with Crippen LogP contribution in [0.2, 0.25) is 0 Å². The molecule has 0 radical (unpaired) electrons. The Morgan fingerprint density at radius 3 is 2.90 bits per heavy atom. The largest absolute Gasteiger partial charge is 0.360 e. The van der Waals surface area contributed by atoms with Crippen LogP contribution in [0, 0.1) is 0 Å². The van der Waals surface area contributed by atoms with Crippen molar-refractivity contribution in [2.24, 2.45) is 0 Å². The molecule has 0 saturated heterocycles. The number of benzene rings is 1. The predicted molar refractivity (Wildman–Crippen MR) is 83.2 cm³/mol. The fourth-order valence-corrected chi connectivity index (χ4v) is 2.57. The summed E-state index contributed by atoms with van der Waals surface area (Å²) in [5.74, 6) is 0.000644. The van der Waals surface area contributed by atoms with E-state index in [1.54, 1.807) is 12.4 Å². The molecule has 0 aliphatic carbocycles. The maximum Gasteiger partial charge on any atom is 0.197 e. The number of hydrogen-bond acceptors (Lipinski definition) is 4. The molecule has 0 aliphatic heterocycles. The number of fused-ring (bicyclic) bond motifs is 1. The summed E-state index contributed by atoms with van der Waals surface area (Å²) >= 11 is 1.44. The fraction of sp³-hybridized carbons (Fsp3) is 0. The number of para-hydroxylation sites is 1. The Kier molecular flexibility index (Phi) is 3.56. The van der Waals surface area contributed by atoms with Crippen LogP contribution in [0.25, 0.3) is 10.9 Å². The molecule has 2 heterocycles. The molecule has 1 N–H and O–H groups in total. The maximum atomic E-state index is 11.8. The lowest BCUT2D eigenvalue weighted by Gasteiger charge is -2.04. The third-order valence-corrected chi connectivity index (χ3v) is 3.75. The van der Waals surface area contributed by atoms with Gasteiger partial charge in [-0.1, -0.05) is 24.3 Å². The van der Waals surface area contributed by atoms with Gasteiger partial charge in [0.15, 0.2) is 5.78 Å². The summed E-state index contributed by atoms with van der Waals surface area (Å²) in [7, 11) is 0. The van der Waals surface area contributed by atoms with Crippen LogP contribution in [0.4, 0.5) is 5.69 Å². The zero-order chi connectivity index (χ0) is 13.8. The first kappa shape index (κ1) is 12.6. The van der Waals surface area contributed by atoms with Gasteiger partial charge in [-0.25, -0.2) is 0 Å². The zero-order valence-corrected chi connectivity index (χ0v) is 11.4. The van der Waals surface area contributed by atoms with Crippen LogP contribution in [0.1, 0.15) is 9.67 Å². The Bertz CT molecular complexity index is 758. The molecule has 0 bridgehead atoms. The molecule has 20 heavy (non-hydrogen) atoms. The van der Waals surface area contributed by atoms with Gasteiger partial charge in [0.2, 0.25) is 0 Å². The minimum atomic E-state index is 0.000644. The minimum Gasteiger partial charge on any atom is -0.360 e. The topological polar surface area (TPSA) is 42.0 Å². The second-order valence-corrected chi connectivity index (χ2v) is 5.15. The number of aromatic nitrogens is 1.